The second kappa shape index (κ2) is 6.82. The first-order chi connectivity index (χ1) is 7.36. The van der Waals surface area contributed by atoms with Crippen molar-refractivity contribution in [3.05, 3.63) is 42.5 Å². The number of aldehydes is 1. The van der Waals surface area contributed by atoms with Crippen molar-refractivity contribution < 1.29 is 9.53 Å². The molecule has 0 saturated heterocycles. The van der Waals surface area contributed by atoms with Crippen molar-refractivity contribution in [3.63, 3.8) is 0 Å². The minimum atomic E-state index is 0.651. The summed E-state index contributed by atoms with van der Waals surface area (Å²) in [5.74, 6) is 0.762. The van der Waals surface area contributed by atoms with Crippen LogP contribution in [0.3, 0.4) is 0 Å². The lowest BCUT2D eigenvalue weighted by atomic mass is 10.2. The van der Waals surface area contributed by atoms with Gasteiger partial charge in [-0.2, -0.15) is 0 Å². The third-order valence-electron chi connectivity index (χ3n) is 2.07. The molecule has 0 amide bonds. The van der Waals surface area contributed by atoms with Gasteiger partial charge in [0.2, 0.25) is 0 Å². The van der Waals surface area contributed by atoms with E-state index >= 15 is 0 Å². The van der Waals surface area contributed by atoms with Gasteiger partial charge in [-0.05, 0) is 31.4 Å². The number of carbonyl (C=O) groups excluding carboxylic acids is 1. The largest absolute Gasteiger partial charge is 0.494 e. The zero-order chi connectivity index (χ0) is 10.9. The van der Waals surface area contributed by atoms with E-state index < -0.39 is 0 Å². The standard InChI is InChI=1S/C13H16O2/c1-2-3-4-5-9-15-13-8-6-7-12(10-13)11-14/h2,6-8,10-11H,1,3-5,9H2. The van der Waals surface area contributed by atoms with E-state index in [1.807, 2.05) is 18.2 Å². The molecule has 0 aliphatic carbocycles. The SMILES string of the molecule is C=CCCCCOc1cccc(C=O)c1. The Balaban J connectivity index is 2.30. The molecule has 1 aromatic carbocycles. The highest BCUT2D eigenvalue weighted by atomic mass is 16.5. The number of carbonyl (C=O) groups is 1. The average molecular weight is 204 g/mol. The maximum Gasteiger partial charge on any atom is 0.150 e. The van der Waals surface area contributed by atoms with E-state index in [2.05, 4.69) is 6.58 Å². The number of allylic oxidation sites excluding steroid dienone is 1. The van der Waals surface area contributed by atoms with E-state index in [1.165, 1.54) is 0 Å². The number of benzene rings is 1. The summed E-state index contributed by atoms with van der Waals surface area (Å²) in [7, 11) is 0. The van der Waals surface area contributed by atoms with Crippen LogP contribution in [0.25, 0.3) is 0 Å². The van der Waals surface area contributed by atoms with Gasteiger partial charge in [0.1, 0.15) is 12.0 Å². The van der Waals surface area contributed by atoms with E-state index in [9.17, 15) is 4.79 Å². The van der Waals surface area contributed by atoms with Gasteiger partial charge in [0.15, 0.2) is 0 Å². The molecule has 0 bridgehead atoms. The lowest BCUT2D eigenvalue weighted by Crippen LogP contribution is -1.97. The van der Waals surface area contributed by atoms with Crippen LogP contribution in [0.15, 0.2) is 36.9 Å². The molecule has 2 nitrogen and oxygen atoms in total. The highest BCUT2D eigenvalue weighted by Crippen LogP contribution is 2.12. The zero-order valence-electron chi connectivity index (χ0n) is 8.82. The predicted molar refractivity (Wildman–Crippen MR) is 61.4 cm³/mol. The molecule has 1 rings (SSSR count). The minimum Gasteiger partial charge on any atom is -0.494 e. The van der Waals surface area contributed by atoms with Gasteiger partial charge in [-0.3, -0.25) is 4.79 Å². The highest BCUT2D eigenvalue weighted by molar-refractivity contribution is 5.75. The lowest BCUT2D eigenvalue weighted by molar-refractivity contribution is 0.112. The molecular weight excluding hydrogens is 188 g/mol. The van der Waals surface area contributed by atoms with E-state index in [0.29, 0.717) is 12.2 Å². The second-order valence-electron chi connectivity index (χ2n) is 3.32. The predicted octanol–water partition coefficient (Wildman–Crippen LogP) is 3.23. The first kappa shape index (κ1) is 11.5. The van der Waals surface area contributed by atoms with E-state index in [1.54, 1.807) is 12.1 Å². The first-order valence-corrected chi connectivity index (χ1v) is 5.16. The van der Waals surface area contributed by atoms with E-state index in [-0.39, 0.29) is 0 Å². The molecule has 80 valence electrons. The van der Waals surface area contributed by atoms with Gasteiger partial charge in [-0.25, -0.2) is 0 Å². The highest BCUT2D eigenvalue weighted by Gasteiger charge is 1.95. The molecule has 0 aliphatic rings. The van der Waals surface area contributed by atoms with Crippen LogP contribution in [0.5, 0.6) is 5.75 Å². The van der Waals surface area contributed by atoms with E-state index in [4.69, 9.17) is 4.74 Å². The van der Waals surface area contributed by atoms with Crippen molar-refractivity contribution in [2.45, 2.75) is 19.3 Å². The molecule has 0 saturated carbocycles. The summed E-state index contributed by atoms with van der Waals surface area (Å²) < 4.78 is 5.50. The van der Waals surface area contributed by atoms with Crippen LogP contribution in [0.2, 0.25) is 0 Å². The molecule has 2 heteroatoms. The summed E-state index contributed by atoms with van der Waals surface area (Å²) in [6.07, 6.45) is 5.86. The quantitative estimate of drug-likeness (QED) is 0.387. The Morgan fingerprint density at radius 3 is 2.93 bits per heavy atom. The van der Waals surface area contributed by atoms with Crippen molar-refractivity contribution in [2.24, 2.45) is 0 Å². The van der Waals surface area contributed by atoms with Gasteiger partial charge >= 0.3 is 0 Å². The fourth-order valence-electron chi connectivity index (χ4n) is 1.26. The molecule has 0 aliphatic heterocycles. The van der Waals surface area contributed by atoms with Gasteiger partial charge in [0, 0.05) is 5.56 Å². The Morgan fingerprint density at radius 1 is 1.33 bits per heavy atom. The van der Waals surface area contributed by atoms with Gasteiger partial charge in [0.05, 0.1) is 6.61 Å². The number of hydrogen-bond donors (Lipinski definition) is 0. The molecule has 0 fully saturated rings. The Kier molecular flexibility index (Phi) is 5.23. The van der Waals surface area contributed by atoms with Crippen molar-refractivity contribution in [1.82, 2.24) is 0 Å². The monoisotopic (exact) mass is 204 g/mol. The van der Waals surface area contributed by atoms with Crippen molar-refractivity contribution >= 4 is 6.29 Å². The fourth-order valence-corrected chi connectivity index (χ4v) is 1.26. The van der Waals surface area contributed by atoms with Gasteiger partial charge < -0.3 is 4.74 Å². The summed E-state index contributed by atoms with van der Waals surface area (Å²) in [5, 5.41) is 0. The molecular formula is C13H16O2. The molecule has 0 N–H and O–H groups in total. The Labute approximate surface area is 90.6 Å². The zero-order valence-corrected chi connectivity index (χ0v) is 8.82. The fraction of sp³-hybridized carbons (Fsp3) is 0.308. The smallest absolute Gasteiger partial charge is 0.150 e. The van der Waals surface area contributed by atoms with Crippen LogP contribution in [0.4, 0.5) is 0 Å². The Hall–Kier alpha value is -1.57. The maximum absolute atomic E-state index is 10.5. The van der Waals surface area contributed by atoms with Gasteiger partial charge in [0.25, 0.3) is 0 Å². The third-order valence-corrected chi connectivity index (χ3v) is 2.07. The summed E-state index contributed by atoms with van der Waals surface area (Å²) in [6, 6.07) is 7.20. The first-order valence-electron chi connectivity index (χ1n) is 5.16. The van der Waals surface area contributed by atoms with Crippen molar-refractivity contribution in [1.29, 1.82) is 0 Å². The second-order valence-corrected chi connectivity index (χ2v) is 3.32. The van der Waals surface area contributed by atoms with Crippen LogP contribution >= 0.6 is 0 Å². The summed E-state index contributed by atoms with van der Waals surface area (Å²) in [4.78, 5) is 10.5. The molecule has 15 heavy (non-hydrogen) atoms. The van der Waals surface area contributed by atoms with E-state index in [0.717, 1.165) is 31.3 Å². The molecule has 0 aromatic heterocycles. The third kappa shape index (κ3) is 4.45. The average Bonchev–Trinajstić information content (AvgIpc) is 2.29. The minimum absolute atomic E-state index is 0.651. The molecule has 0 radical (unpaired) electrons. The summed E-state index contributed by atoms with van der Waals surface area (Å²) in [5.41, 5.74) is 0.651. The van der Waals surface area contributed by atoms with Gasteiger partial charge in [-0.15, -0.1) is 6.58 Å². The van der Waals surface area contributed by atoms with Crippen LogP contribution < -0.4 is 4.74 Å². The van der Waals surface area contributed by atoms with Crippen LogP contribution in [0, 0.1) is 0 Å². The number of hydrogen-bond acceptors (Lipinski definition) is 2. The molecule has 0 unspecified atom stereocenters. The van der Waals surface area contributed by atoms with Crippen LogP contribution in [-0.2, 0) is 0 Å². The van der Waals surface area contributed by atoms with Crippen LogP contribution in [0.1, 0.15) is 29.6 Å². The number of rotatable bonds is 7. The summed E-state index contributed by atoms with van der Waals surface area (Å²) in [6.45, 7) is 4.35. The Morgan fingerprint density at radius 2 is 2.20 bits per heavy atom. The maximum atomic E-state index is 10.5. The van der Waals surface area contributed by atoms with Crippen LogP contribution in [-0.4, -0.2) is 12.9 Å². The van der Waals surface area contributed by atoms with Crippen molar-refractivity contribution in [2.75, 3.05) is 6.61 Å². The van der Waals surface area contributed by atoms with Gasteiger partial charge in [-0.1, -0.05) is 18.2 Å². The lowest BCUT2D eigenvalue weighted by Gasteiger charge is -2.05. The number of unbranched alkanes of at least 4 members (excludes halogenated alkanes) is 2. The normalized spacial score (nSPS) is 9.60. The topological polar surface area (TPSA) is 26.3 Å². The number of ether oxygens (including phenoxy) is 1. The van der Waals surface area contributed by atoms with Crippen molar-refractivity contribution in [3.8, 4) is 5.75 Å². The molecule has 0 spiro atoms. The molecule has 0 atom stereocenters. The molecule has 0 heterocycles. The summed E-state index contributed by atoms with van der Waals surface area (Å²) >= 11 is 0. The molecule has 1 aromatic rings. The Bertz CT molecular complexity index is 318.